The summed E-state index contributed by atoms with van der Waals surface area (Å²) in [5, 5.41) is 12.0. The van der Waals surface area contributed by atoms with Crippen molar-refractivity contribution in [2.75, 3.05) is 0 Å². The lowest BCUT2D eigenvalue weighted by molar-refractivity contribution is 0.264. The van der Waals surface area contributed by atoms with Gasteiger partial charge in [0, 0.05) is 19.3 Å². The highest BCUT2D eigenvalue weighted by atomic mass is 16.1. The Kier molecular flexibility index (Phi) is 3.63. The lowest BCUT2D eigenvalue weighted by Crippen LogP contribution is -2.26. The standard InChI is InChI=1S/C16H18N4O/c17-7-12-4-5-14(13(6-12)8-18)15-9-19-20(16(15)21)10-11-2-1-3-11/h4-6,9,11,19H,1-3,8,10,18H2. The summed E-state index contributed by atoms with van der Waals surface area (Å²) in [6.07, 6.45) is 5.40. The Balaban J connectivity index is 1.97. The van der Waals surface area contributed by atoms with Gasteiger partial charge in [-0.25, -0.2) is 0 Å². The van der Waals surface area contributed by atoms with Gasteiger partial charge in [0.2, 0.25) is 0 Å². The smallest absolute Gasteiger partial charge is 0.274 e. The molecule has 1 aromatic carbocycles. The molecule has 108 valence electrons. The highest BCUT2D eigenvalue weighted by Gasteiger charge is 2.20. The van der Waals surface area contributed by atoms with Crippen LogP contribution in [-0.2, 0) is 13.1 Å². The van der Waals surface area contributed by atoms with Crippen molar-refractivity contribution in [1.82, 2.24) is 9.78 Å². The summed E-state index contributed by atoms with van der Waals surface area (Å²) in [6.45, 7) is 1.06. The van der Waals surface area contributed by atoms with Gasteiger partial charge in [-0.05, 0) is 42.0 Å². The molecule has 1 heterocycles. The summed E-state index contributed by atoms with van der Waals surface area (Å²) in [5.74, 6) is 0.615. The zero-order chi connectivity index (χ0) is 14.8. The minimum absolute atomic E-state index is 0.0127. The van der Waals surface area contributed by atoms with Gasteiger partial charge < -0.3 is 10.8 Å². The van der Waals surface area contributed by atoms with Crippen LogP contribution < -0.4 is 11.3 Å². The first-order valence-electron chi connectivity index (χ1n) is 7.24. The van der Waals surface area contributed by atoms with Gasteiger partial charge in [0.1, 0.15) is 0 Å². The zero-order valence-corrected chi connectivity index (χ0v) is 11.8. The first kappa shape index (κ1) is 13.7. The lowest BCUT2D eigenvalue weighted by atomic mass is 9.85. The van der Waals surface area contributed by atoms with Crippen LogP contribution in [0.4, 0.5) is 0 Å². The van der Waals surface area contributed by atoms with Gasteiger partial charge in [-0.1, -0.05) is 12.5 Å². The van der Waals surface area contributed by atoms with E-state index in [0.29, 0.717) is 23.6 Å². The predicted molar refractivity (Wildman–Crippen MR) is 80.4 cm³/mol. The summed E-state index contributed by atoms with van der Waals surface area (Å²) in [4.78, 5) is 12.5. The third kappa shape index (κ3) is 2.50. The second kappa shape index (κ2) is 5.58. The molecule has 0 amide bonds. The first-order chi connectivity index (χ1) is 10.2. The number of aromatic nitrogens is 2. The maximum absolute atomic E-state index is 12.5. The van der Waals surface area contributed by atoms with E-state index in [0.717, 1.165) is 17.7 Å². The molecule has 1 fully saturated rings. The third-order valence-electron chi connectivity index (χ3n) is 4.25. The van der Waals surface area contributed by atoms with Gasteiger partial charge in [0.25, 0.3) is 5.56 Å². The molecule has 2 aromatic rings. The summed E-state index contributed by atoms with van der Waals surface area (Å²) >= 11 is 0. The molecule has 1 aliphatic rings. The molecule has 0 spiro atoms. The highest BCUT2D eigenvalue weighted by Crippen LogP contribution is 2.27. The normalized spacial score (nSPS) is 14.7. The first-order valence-corrected chi connectivity index (χ1v) is 7.24. The van der Waals surface area contributed by atoms with Crippen molar-refractivity contribution < 1.29 is 0 Å². The van der Waals surface area contributed by atoms with Crippen LogP contribution in [0.5, 0.6) is 0 Å². The summed E-state index contributed by atoms with van der Waals surface area (Å²) in [7, 11) is 0. The second-order valence-corrected chi connectivity index (χ2v) is 5.59. The van der Waals surface area contributed by atoms with Crippen LogP contribution in [0, 0.1) is 17.2 Å². The topological polar surface area (TPSA) is 87.6 Å². The van der Waals surface area contributed by atoms with Crippen molar-refractivity contribution in [2.45, 2.75) is 32.4 Å². The highest BCUT2D eigenvalue weighted by molar-refractivity contribution is 5.67. The number of nitrogens with zero attached hydrogens (tertiary/aromatic N) is 2. The molecule has 0 saturated heterocycles. The molecule has 0 atom stereocenters. The lowest BCUT2D eigenvalue weighted by Gasteiger charge is -2.24. The number of H-pyrrole nitrogens is 1. The minimum atomic E-state index is -0.0127. The van der Waals surface area contributed by atoms with Gasteiger partial charge in [-0.2, -0.15) is 5.26 Å². The molecular formula is C16H18N4O. The molecule has 1 aromatic heterocycles. The van der Waals surface area contributed by atoms with Crippen molar-refractivity contribution >= 4 is 0 Å². The predicted octanol–water partition coefficient (Wildman–Crippen LogP) is 1.97. The molecule has 3 N–H and O–H groups in total. The molecule has 5 nitrogen and oxygen atoms in total. The van der Waals surface area contributed by atoms with E-state index in [1.807, 2.05) is 0 Å². The summed E-state index contributed by atoms with van der Waals surface area (Å²) in [5.41, 5.74) is 8.55. The van der Waals surface area contributed by atoms with Crippen molar-refractivity contribution in [1.29, 1.82) is 5.26 Å². The molecule has 3 rings (SSSR count). The Bertz CT molecular complexity index is 746. The Labute approximate surface area is 123 Å². The largest absolute Gasteiger partial charge is 0.326 e. The van der Waals surface area contributed by atoms with E-state index in [9.17, 15) is 4.79 Å². The Morgan fingerprint density at radius 1 is 1.38 bits per heavy atom. The van der Waals surface area contributed by atoms with E-state index < -0.39 is 0 Å². The molecular weight excluding hydrogens is 264 g/mol. The molecule has 1 saturated carbocycles. The minimum Gasteiger partial charge on any atom is -0.326 e. The van der Waals surface area contributed by atoms with Gasteiger partial charge >= 0.3 is 0 Å². The quantitative estimate of drug-likeness (QED) is 0.898. The van der Waals surface area contributed by atoms with E-state index in [2.05, 4.69) is 11.2 Å². The number of nitriles is 1. The number of nitrogens with one attached hydrogen (secondary N) is 1. The van der Waals surface area contributed by atoms with Crippen LogP contribution in [-0.4, -0.2) is 9.78 Å². The van der Waals surface area contributed by atoms with Crippen molar-refractivity contribution in [2.24, 2.45) is 11.7 Å². The molecule has 21 heavy (non-hydrogen) atoms. The number of aromatic amines is 1. The molecule has 5 heteroatoms. The van der Waals surface area contributed by atoms with Crippen LogP contribution in [0.25, 0.3) is 11.1 Å². The van der Waals surface area contributed by atoms with Gasteiger partial charge in [0.15, 0.2) is 0 Å². The van der Waals surface area contributed by atoms with Crippen LogP contribution >= 0.6 is 0 Å². The molecule has 0 aliphatic heterocycles. The Hall–Kier alpha value is -2.32. The average Bonchev–Trinajstić information content (AvgIpc) is 2.83. The maximum atomic E-state index is 12.5. The van der Waals surface area contributed by atoms with Gasteiger partial charge in [-0.3, -0.25) is 9.48 Å². The monoisotopic (exact) mass is 282 g/mol. The van der Waals surface area contributed by atoms with E-state index in [1.165, 1.54) is 19.3 Å². The molecule has 0 bridgehead atoms. The van der Waals surface area contributed by atoms with Crippen LogP contribution in [0.3, 0.4) is 0 Å². The SMILES string of the molecule is N#Cc1ccc(-c2c[nH]n(CC3CCC3)c2=O)c(CN)c1. The van der Waals surface area contributed by atoms with Crippen LogP contribution in [0.15, 0.2) is 29.2 Å². The Morgan fingerprint density at radius 3 is 2.81 bits per heavy atom. The van der Waals surface area contributed by atoms with Crippen LogP contribution in [0.1, 0.15) is 30.4 Å². The fourth-order valence-electron chi connectivity index (χ4n) is 2.77. The number of hydrogen-bond donors (Lipinski definition) is 2. The van der Waals surface area contributed by atoms with Crippen molar-refractivity contribution in [3.05, 3.63) is 45.9 Å². The van der Waals surface area contributed by atoms with Gasteiger partial charge in [0.05, 0.1) is 17.2 Å². The molecule has 0 unspecified atom stereocenters. The number of benzene rings is 1. The zero-order valence-electron chi connectivity index (χ0n) is 11.8. The second-order valence-electron chi connectivity index (χ2n) is 5.59. The number of rotatable bonds is 4. The van der Waals surface area contributed by atoms with E-state index >= 15 is 0 Å². The fourth-order valence-corrected chi connectivity index (χ4v) is 2.77. The summed E-state index contributed by atoms with van der Waals surface area (Å²) in [6, 6.07) is 7.37. The van der Waals surface area contributed by atoms with E-state index in [1.54, 1.807) is 29.1 Å². The number of hydrogen-bond acceptors (Lipinski definition) is 3. The Morgan fingerprint density at radius 2 is 2.19 bits per heavy atom. The average molecular weight is 282 g/mol. The fraction of sp³-hybridized carbons (Fsp3) is 0.375. The van der Waals surface area contributed by atoms with Crippen LogP contribution in [0.2, 0.25) is 0 Å². The molecule has 1 aliphatic carbocycles. The van der Waals surface area contributed by atoms with Gasteiger partial charge in [-0.15, -0.1) is 0 Å². The third-order valence-corrected chi connectivity index (χ3v) is 4.25. The number of nitrogens with two attached hydrogens (primary N) is 1. The maximum Gasteiger partial charge on any atom is 0.274 e. The van der Waals surface area contributed by atoms with E-state index in [4.69, 9.17) is 11.0 Å². The van der Waals surface area contributed by atoms with Crippen molar-refractivity contribution in [3.8, 4) is 17.2 Å². The summed E-state index contributed by atoms with van der Waals surface area (Å²) < 4.78 is 1.68. The molecule has 0 radical (unpaired) electrons. The van der Waals surface area contributed by atoms with Crippen molar-refractivity contribution in [3.63, 3.8) is 0 Å². The van der Waals surface area contributed by atoms with E-state index in [-0.39, 0.29) is 5.56 Å².